The number of rotatable bonds is 6. The number of amides is 1. The standard InChI is InChI=1S/C18H14N4O4/c23-16(11-6-13-4-2-1-3-5-13)19-12-17-20-18(21-26-17)14-7-9-15(10-8-14)22(24)25/h1-11H,12H2,(H,19,23). The van der Waals surface area contributed by atoms with Crippen LogP contribution in [0, 0.1) is 10.1 Å². The van der Waals surface area contributed by atoms with Crippen molar-refractivity contribution in [2.24, 2.45) is 0 Å². The van der Waals surface area contributed by atoms with Crippen molar-refractivity contribution < 1.29 is 14.2 Å². The van der Waals surface area contributed by atoms with Gasteiger partial charge in [0.15, 0.2) is 0 Å². The molecule has 1 heterocycles. The number of aromatic nitrogens is 2. The van der Waals surface area contributed by atoms with Gasteiger partial charge in [0.2, 0.25) is 17.6 Å². The molecule has 3 rings (SSSR count). The fourth-order valence-corrected chi connectivity index (χ4v) is 2.13. The molecule has 0 radical (unpaired) electrons. The van der Waals surface area contributed by atoms with E-state index in [2.05, 4.69) is 15.5 Å². The van der Waals surface area contributed by atoms with Crippen molar-refractivity contribution in [2.75, 3.05) is 0 Å². The SMILES string of the molecule is O=C(C=Cc1ccccc1)NCc1nc(-c2ccc([N+](=O)[O-])cc2)no1. The zero-order valence-electron chi connectivity index (χ0n) is 13.5. The van der Waals surface area contributed by atoms with Crippen molar-refractivity contribution in [2.45, 2.75) is 6.54 Å². The number of benzene rings is 2. The van der Waals surface area contributed by atoms with Gasteiger partial charge in [-0.3, -0.25) is 14.9 Å². The van der Waals surface area contributed by atoms with Crippen LogP contribution in [-0.2, 0) is 11.3 Å². The lowest BCUT2D eigenvalue weighted by molar-refractivity contribution is -0.384. The highest BCUT2D eigenvalue weighted by Crippen LogP contribution is 2.19. The van der Waals surface area contributed by atoms with Crippen molar-refractivity contribution in [1.29, 1.82) is 0 Å². The second kappa shape index (κ2) is 7.84. The van der Waals surface area contributed by atoms with Crippen molar-refractivity contribution in [3.8, 4) is 11.4 Å². The van der Waals surface area contributed by atoms with Crippen LogP contribution in [0.15, 0.2) is 65.2 Å². The van der Waals surface area contributed by atoms with Gasteiger partial charge in [-0.1, -0.05) is 35.5 Å². The molecule has 0 saturated heterocycles. The summed E-state index contributed by atoms with van der Waals surface area (Å²) in [6, 6.07) is 15.2. The molecule has 1 N–H and O–H groups in total. The summed E-state index contributed by atoms with van der Waals surface area (Å²) in [5, 5.41) is 17.1. The maximum Gasteiger partial charge on any atom is 0.269 e. The average Bonchev–Trinajstić information content (AvgIpc) is 3.14. The van der Waals surface area contributed by atoms with E-state index in [0.29, 0.717) is 11.4 Å². The highest BCUT2D eigenvalue weighted by Gasteiger charge is 2.11. The summed E-state index contributed by atoms with van der Waals surface area (Å²) in [7, 11) is 0. The van der Waals surface area contributed by atoms with Crippen molar-refractivity contribution >= 4 is 17.7 Å². The van der Waals surface area contributed by atoms with Crippen LogP contribution in [-0.4, -0.2) is 21.0 Å². The van der Waals surface area contributed by atoms with Crippen LogP contribution in [0.4, 0.5) is 5.69 Å². The van der Waals surface area contributed by atoms with Gasteiger partial charge in [-0.15, -0.1) is 0 Å². The molecule has 130 valence electrons. The van der Waals surface area contributed by atoms with Crippen LogP contribution in [0.2, 0.25) is 0 Å². The number of hydrogen-bond donors (Lipinski definition) is 1. The van der Waals surface area contributed by atoms with Crippen molar-refractivity contribution in [1.82, 2.24) is 15.5 Å². The van der Waals surface area contributed by atoms with E-state index in [-0.39, 0.29) is 24.0 Å². The lowest BCUT2D eigenvalue weighted by atomic mass is 10.2. The second-order valence-electron chi connectivity index (χ2n) is 5.28. The van der Waals surface area contributed by atoms with E-state index in [1.54, 1.807) is 6.08 Å². The first-order chi connectivity index (χ1) is 12.6. The first kappa shape index (κ1) is 17.0. The van der Waals surface area contributed by atoms with Gasteiger partial charge in [-0.25, -0.2) is 0 Å². The maximum absolute atomic E-state index is 11.8. The summed E-state index contributed by atoms with van der Waals surface area (Å²) in [5.74, 6) is 0.243. The summed E-state index contributed by atoms with van der Waals surface area (Å²) in [4.78, 5) is 26.1. The molecule has 0 bridgehead atoms. The molecule has 2 aromatic carbocycles. The molecule has 1 amide bonds. The molecule has 1 aromatic heterocycles. The highest BCUT2D eigenvalue weighted by molar-refractivity contribution is 5.91. The Morgan fingerprint density at radius 2 is 1.88 bits per heavy atom. The molecule has 0 atom stereocenters. The molecule has 8 heteroatoms. The van der Waals surface area contributed by atoms with E-state index >= 15 is 0 Å². The van der Waals surface area contributed by atoms with Gasteiger partial charge in [0.05, 0.1) is 11.5 Å². The predicted molar refractivity (Wildman–Crippen MR) is 93.7 cm³/mol. The molecule has 8 nitrogen and oxygen atoms in total. The first-order valence-corrected chi connectivity index (χ1v) is 7.70. The third-order valence-corrected chi connectivity index (χ3v) is 3.44. The Balaban J connectivity index is 1.57. The number of carbonyl (C=O) groups excluding carboxylic acids is 1. The molecule has 3 aromatic rings. The van der Waals surface area contributed by atoms with Crippen LogP contribution in [0.5, 0.6) is 0 Å². The summed E-state index contributed by atoms with van der Waals surface area (Å²) in [6.07, 6.45) is 3.12. The first-order valence-electron chi connectivity index (χ1n) is 7.70. The lowest BCUT2D eigenvalue weighted by Crippen LogP contribution is -2.20. The van der Waals surface area contributed by atoms with E-state index in [1.807, 2.05) is 30.3 Å². The number of carbonyl (C=O) groups is 1. The maximum atomic E-state index is 11.8. The molecule has 0 fully saturated rings. The summed E-state index contributed by atoms with van der Waals surface area (Å²) < 4.78 is 5.08. The van der Waals surface area contributed by atoms with Gasteiger partial charge in [-0.05, 0) is 23.8 Å². The lowest BCUT2D eigenvalue weighted by Gasteiger charge is -1.97. The van der Waals surface area contributed by atoms with Crippen LogP contribution < -0.4 is 5.32 Å². The number of nitrogens with zero attached hydrogens (tertiary/aromatic N) is 3. The third kappa shape index (κ3) is 4.38. The molecule has 0 aliphatic carbocycles. The topological polar surface area (TPSA) is 111 Å². The van der Waals surface area contributed by atoms with E-state index < -0.39 is 4.92 Å². The monoisotopic (exact) mass is 350 g/mol. The molecule has 0 spiro atoms. The zero-order chi connectivity index (χ0) is 18.4. The van der Waals surface area contributed by atoms with Crippen LogP contribution in [0.3, 0.4) is 0 Å². The van der Waals surface area contributed by atoms with Crippen molar-refractivity contribution in [3.63, 3.8) is 0 Å². The fourth-order valence-electron chi connectivity index (χ4n) is 2.13. The molecule has 0 unspecified atom stereocenters. The molecular formula is C18H14N4O4. The number of nitro benzene ring substituents is 1. The zero-order valence-corrected chi connectivity index (χ0v) is 13.5. The quantitative estimate of drug-likeness (QED) is 0.415. The highest BCUT2D eigenvalue weighted by atomic mass is 16.6. The fraction of sp³-hybridized carbons (Fsp3) is 0.0556. The number of nitro groups is 1. The van der Waals surface area contributed by atoms with Gasteiger partial charge in [0.1, 0.15) is 0 Å². The van der Waals surface area contributed by atoms with Crippen molar-refractivity contribution in [3.05, 3.63) is 82.2 Å². The van der Waals surface area contributed by atoms with E-state index in [9.17, 15) is 14.9 Å². The Labute approximate surface area is 148 Å². The molecular weight excluding hydrogens is 336 g/mol. The van der Waals surface area contributed by atoms with Crippen LogP contribution in [0.1, 0.15) is 11.5 Å². The normalized spacial score (nSPS) is 10.8. The van der Waals surface area contributed by atoms with E-state index in [4.69, 9.17) is 4.52 Å². The predicted octanol–water partition coefficient (Wildman–Crippen LogP) is 2.97. The van der Waals surface area contributed by atoms with Gasteiger partial charge in [0, 0.05) is 23.8 Å². The summed E-state index contributed by atoms with van der Waals surface area (Å²) >= 11 is 0. The molecule has 0 aliphatic heterocycles. The Kier molecular flexibility index (Phi) is 5.14. The molecule has 26 heavy (non-hydrogen) atoms. The minimum absolute atomic E-state index is 0.0186. The molecule has 0 saturated carbocycles. The Hall–Kier alpha value is -3.81. The summed E-state index contributed by atoms with van der Waals surface area (Å²) in [6.45, 7) is 0.0813. The largest absolute Gasteiger partial charge is 0.343 e. The smallest absolute Gasteiger partial charge is 0.269 e. The van der Waals surface area contributed by atoms with Gasteiger partial charge >= 0.3 is 0 Å². The second-order valence-corrected chi connectivity index (χ2v) is 5.28. The van der Waals surface area contributed by atoms with Gasteiger partial charge in [0.25, 0.3) is 5.69 Å². The summed E-state index contributed by atoms with van der Waals surface area (Å²) in [5.41, 5.74) is 1.48. The van der Waals surface area contributed by atoms with Crippen LogP contribution >= 0.6 is 0 Å². The Bertz CT molecular complexity index is 933. The molecule has 0 aliphatic rings. The van der Waals surface area contributed by atoms with E-state index in [0.717, 1.165) is 5.56 Å². The Morgan fingerprint density at radius 1 is 1.15 bits per heavy atom. The van der Waals surface area contributed by atoms with Gasteiger partial charge in [-0.2, -0.15) is 4.98 Å². The Morgan fingerprint density at radius 3 is 2.58 bits per heavy atom. The third-order valence-electron chi connectivity index (χ3n) is 3.44. The van der Waals surface area contributed by atoms with Gasteiger partial charge < -0.3 is 9.84 Å². The average molecular weight is 350 g/mol. The minimum atomic E-state index is -0.482. The van der Waals surface area contributed by atoms with Crippen LogP contribution in [0.25, 0.3) is 17.5 Å². The number of non-ortho nitro benzene ring substituents is 1. The number of nitrogens with one attached hydrogen (secondary N) is 1. The minimum Gasteiger partial charge on any atom is -0.343 e. The number of hydrogen-bond acceptors (Lipinski definition) is 6. The van der Waals surface area contributed by atoms with E-state index in [1.165, 1.54) is 30.3 Å².